The normalized spacial score (nSPS) is 9.62. The van der Waals surface area contributed by atoms with Crippen molar-refractivity contribution in [3.05, 3.63) is 40.3 Å². The standard InChI is InChI=1S/C11H11BrClNO2/c1-8(13)6-14-11(15)7-16-10-4-2-9(12)3-5-10/h2-5H,1,6-7H2,(H,14,15). The lowest BCUT2D eigenvalue weighted by molar-refractivity contribution is -0.122. The maximum absolute atomic E-state index is 11.2. The number of halogens is 2. The molecule has 5 heteroatoms. The van der Waals surface area contributed by atoms with Gasteiger partial charge in [-0.3, -0.25) is 4.79 Å². The van der Waals surface area contributed by atoms with E-state index in [2.05, 4.69) is 27.8 Å². The minimum Gasteiger partial charge on any atom is -0.484 e. The Morgan fingerprint density at radius 3 is 2.62 bits per heavy atom. The van der Waals surface area contributed by atoms with Crippen molar-refractivity contribution in [3.63, 3.8) is 0 Å². The number of amides is 1. The molecule has 86 valence electrons. The van der Waals surface area contributed by atoms with Gasteiger partial charge in [-0.2, -0.15) is 0 Å². The van der Waals surface area contributed by atoms with E-state index in [1.54, 1.807) is 12.1 Å². The average molecular weight is 305 g/mol. The van der Waals surface area contributed by atoms with Gasteiger partial charge in [0.1, 0.15) is 5.75 Å². The smallest absolute Gasteiger partial charge is 0.258 e. The van der Waals surface area contributed by atoms with Crippen LogP contribution in [-0.2, 0) is 4.79 Å². The molecule has 0 spiro atoms. The highest BCUT2D eigenvalue weighted by Crippen LogP contribution is 2.15. The first-order chi connectivity index (χ1) is 7.58. The van der Waals surface area contributed by atoms with E-state index in [1.165, 1.54) is 0 Å². The van der Waals surface area contributed by atoms with Crippen molar-refractivity contribution in [1.29, 1.82) is 0 Å². The number of carbonyl (C=O) groups is 1. The van der Waals surface area contributed by atoms with E-state index in [0.717, 1.165) is 4.47 Å². The molecule has 0 aromatic heterocycles. The van der Waals surface area contributed by atoms with Gasteiger partial charge < -0.3 is 10.1 Å². The number of rotatable bonds is 5. The van der Waals surface area contributed by atoms with Crippen LogP contribution < -0.4 is 10.1 Å². The molecule has 1 amide bonds. The van der Waals surface area contributed by atoms with E-state index in [4.69, 9.17) is 16.3 Å². The quantitative estimate of drug-likeness (QED) is 0.908. The summed E-state index contributed by atoms with van der Waals surface area (Å²) in [6.07, 6.45) is 0. The molecular weight excluding hydrogens is 293 g/mol. The van der Waals surface area contributed by atoms with E-state index in [1.807, 2.05) is 12.1 Å². The van der Waals surface area contributed by atoms with E-state index in [-0.39, 0.29) is 19.1 Å². The average Bonchev–Trinajstić information content (AvgIpc) is 2.25. The third-order valence-corrected chi connectivity index (χ3v) is 2.32. The van der Waals surface area contributed by atoms with Gasteiger partial charge in [-0.1, -0.05) is 34.1 Å². The van der Waals surface area contributed by atoms with Crippen molar-refractivity contribution in [2.75, 3.05) is 13.2 Å². The molecule has 0 aliphatic heterocycles. The van der Waals surface area contributed by atoms with Crippen LogP contribution in [0.15, 0.2) is 40.3 Å². The third-order valence-electron chi connectivity index (χ3n) is 1.66. The van der Waals surface area contributed by atoms with Crippen LogP contribution in [0.1, 0.15) is 0 Å². The molecule has 0 unspecified atom stereocenters. The van der Waals surface area contributed by atoms with Gasteiger partial charge in [-0.05, 0) is 24.3 Å². The fraction of sp³-hybridized carbons (Fsp3) is 0.182. The zero-order chi connectivity index (χ0) is 12.0. The summed E-state index contributed by atoms with van der Waals surface area (Å²) in [6, 6.07) is 7.23. The molecule has 1 aromatic carbocycles. The SMILES string of the molecule is C=C(Cl)CNC(=O)COc1ccc(Br)cc1. The molecule has 0 radical (unpaired) electrons. The number of nitrogens with one attached hydrogen (secondary N) is 1. The van der Waals surface area contributed by atoms with Crippen LogP contribution >= 0.6 is 27.5 Å². The van der Waals surface area contributed by atoms with E-state index >= 15 is 0 Å². The Bertz CT molecular complexity index is 378. The first-order valence-corrected chi connectivity index (χ1v) is 5.73. The minimum absolute atomic E-state index is 0.0359. The van der Waals surface area contributed by atoms with Gasteiger partial charge >= 0.3 is 0 Å². The zero-order valence-electron chi connectivity index (χ0n) is 8.50. The molecule has 1 aromatic rings. The van der Waals surface area contributed by atoms with E-state index in [0.29, 0.717) is 10.8 Å². The van der Waals surface area contributed by atoms with Gasteiger partial charge in [0.25, 0.3) is 5.91 Å². The van der Waals surface area contributed by atoms with E-state index < -0.39 is 0 Å². The zero-order valence-corrected chi connectivity index (χ0v) is 10.8. The molecule has 0 saturated heterocycles. The van der Waals surface area contributed by atoms with Crippen molar-refractivity contribution in [2.45, 2.75) is 0 Å². The fourth-order valence-corrected chi connectivity index (χ4v) is 1.26. The molecule has 0 aliphatic carbocycles. The predicted octanol–water partition coefficient (Wildman–Crippen LogP) is 2.70. The van der Waals surface area contributed by atoms with Gasteiger partial charge in [0.05, 0.1) is 6.54 Å². The summed E-state index contributed by atoms with van der Waals surface area (Å²) >= 11 is 8.81. The number of benzene rings is 1. The topological polar surface area (TPSA) is 38.3 Å². The molecule has 0 fully saturated rings. The Balaban J connectivity index is 2.31. The Hall–Kier alpha value is -1.000. The second-order valence-electron chi connectivity index (χ2n) is 3.04. The summed E-state index contributed by atoms with van der Waals surface area (Å²) < 4.78 is 6.21. The monoisotopic (exact) mass is 303 g/mol. The lowest BCUT2D eigenvalue weighted by atomic mass is 10.3. The Morgan fingerprint density at radius 1 is 1.44 bits per heavy atom. The molecule has 0 atom stereocenters. The third kappa shape index (κ3) is 5.19. The van der Waals surface area contributed by atoms with Crippen LogP contribution in [0.2, 0.25) is 0 Å². The lowest BCUT2D eigenvalue weighted by Gasteiger charge is -2.06. The molecule has 1 N–H and O–H groups in total. The van der Waals surface area contributed by atoms with Crippen molar-refractivity contribution < 1.29 is 9.53 Å². The second kappa shape index (κ2) is 6.55. The molecule has 0 bridgehead atoms. The van der Waals surface area contributed by atoms with Crippen LogP contribution in [0, 0.1) is 0 Å². The second-order valence-corrected chi connectivity index (χ2v) is 4.49. The van der Waals surface area contributed by atoms with Crippen LogP contribution in [0.4, 0.5) is 0 Å². The highest BCUT2D eigenvalue weighted by molar-refractivity contribution is 9.10. The summed E-state index contributed by atoms with van der Waals surface area (Å²) in [5, 5.41) is 2.95. The van der Waals surface area contributed by atoms with Gasteiger partial charge in [-0.15, -0.1) is 0 Å². The predicted molar refractivity (Wildman–Crippen MR) is 67.6 cm³/mol. The molecule has 0 aliphatic rings. The van der Waals surface area contributed by atoms with Gasteiger partial charge in [0.2, 0.25) is 0 Å². The van der Waals surface area contributed by atoms with Gasteiger partial charge in [0.15, 0.2) is 6.61 Å². The van der Waals surface area contributed by atoms with E-state index in [9.17, 15) is 4.79 Å². The van der Waals surface area contributed by atoms with Crippen LogP contribution in [0.3, 0.4) is 0 Å². The Labute approximate surface area is 108 Å². The maximum Gasteiger partial charge on any atom is 0.258 e. The molecular formula is C11H11BrClNO2. The van der Waals surface area contributed by atoms with Crippen molar-refractivity contribution in [3.8, 4) is 5.75 Å². The van der Waals surface area contributed by atoms with Gasteiger partial charge in [0, 0.05) is 9.51 Å². The summed E-state index contributed by atoms with van der Waals surface area (Å²) in [5.74, 6) is 0.410. The van der Waals surface area contributed by atoms with Crippen molar-refractivity contribution >= 4 is 33.4 Å². The minimum atomic E-state index is -0.232. The molecule has 0 saturated carbocycles. The van der Waals surface area contributed by atoms with Crippen LogP contribution in [0.5, 0.6) is 5.75 Å². The van der Waals surface area contributed by atoms with Crippen LogP contribution in [0.25, 0.3) is 0 Å². The Morgan fingerprint density at radius 2 is 2.06 bits per heavy atom. The first-order valence-electron chi connectivity index (χ1n) is 4.56. The molecule has 16 heavy (non-hydrogen) atoms. The Kier molecular flexibility index (Phi) is 5.35. The van der Waals surface area contributed by atoms with Gasteiger partial charge in [-0.25, -0.2) is 0 Å². The molecule has 3 nitrogen and oxygen atoms in total. The lowest BCUT2D eigenvalue weighted by Crippen LogP contribution is -2.29. The molecule has 1 rings (SSSR count). The maximum atomic E-state index is 11.2. The largest absolute Gasteiger partial charge is 0.484 e. The van der Waals surface area contributed by atoms with Crippen molar-refractivity contribution in [1.82, 2.24) is 5.32 Å². The number of hydrogen-bond donors (Lipinski definition) is 1. The highest BCUT2D eigenvalue weighted by atomic mass is 79.9. The number of hydrogen-bond acceptors (Lipinski definition) is 2. The van der Waals surface area contributed by atoms with Crippen LogP contribution in [-0.4, -0.2) is 19.1 Å². The summed E-state index contributed by atoms with van der Waals surface area (Å²) in [5.41, 5.74) is 0. The summed E-state index contributed by atoms with van der Waals surface area (Å²) in [7, 11) is 0. The fourth-order valence-electron chi connectivity index (χ4n) is 0.925. The number of ether oxygens (including phenoxy) is 1. The highest BCUT2D eigenvalue weighted by Gasteiger charge is 2.02. The molecule has 0 heterocycles. The summed E-state index contributed by atoms with van der Waals surface area (Å²) in [4.78, 5) is 11.2. The first kappa shape index (κ1) is 13.1. The van der Waals surface area contributed by atoms with Crippen molar-refractivity contribution in [2.24, 2.45) is 0 Å². The summed E-state index contributed by atoms with van der Waals surface area (Å²) in [6.45, 7) is 3.68. The number of carbonyl (C=O) groups excluding carboxylic acids is 1.